The van der Waals surface area contributed by atoms with E-state index >= 15 is 0 Å². The van der Waals surface area contributed by atoms with E-state index in [1.54, 1.807) is 16.7 Å². The van der Waals surface area contributed by atoms with Gasteiger partial charge in [-0.05, 0) is 77.4 Å². The lowest BCUT2D eigenvalue weighted by Gasteiger charge is -2.27. The highest BCUT2D eigenvalue weighted by Crippen LogP contribution is 2.25. The Hall–Kier alpha value is -2.60. The molecule has 0 bridgehead atoms. The SMILES string of the molecule is Cc1ccc(C(C)N(C)Cc2c(Cl)cc(Cl)c(=O)n2CCc2ccc(C(=O)OC(C)(C)C)cc2)cc1. The van der Waals surface area contributed by atoms with Crippen LogP contribution < -0.4 is 5.56 Å². The average Bonchev–Trinajstić information content (AvgIpc) is 2.81. The number of halogens is 2. The summed E-state index contributed by atoms with van der Waals surface area (Å²) in [5, 5.41) is 0.557. The lowest BCUT2D eigenvalue weighted by molar-refractivity contribution is 0.00695. The predicted octanol–water partition coefficient (Wildman–Crippen LogP) is 6.85. The number of ether oxygens (including phenoxy) is 1. The van der Waals surface area contributed by atoms with E-state index in [1.165, 1.54) is 17.2 Å². The van der Waals surface area contributed by atoms with Crippen molar-refractivity contribution in [1.82, 2.24) is 9.47 Å². The smallest absolute Gasteiger partial charge is 0.338 e. The Morgan fingerprint density at radius 3 is 2.22 bits per heavy atom. The number of rotatable bonds is 8. The van der Waals surface area contributed by atoms with E-state index < -0.39 is 5.60 Å². The first-order valence-corrected chi connectivity index (χ1v) is 12.8. The van der Waals surface area contributed by atoms with Gasteiger partial charge in [0, 0.05) is 19.1 Å². The van der Waals surface area contributed by atoms with Gasteiger partial charge >= 0.3 is 5.97 Å². The molecule has 0 aliphatic heterocycles. The number of esters is 1. The van der Waals surface area contributed by atoms with E-state index in [4.69, 9.17) is 27.9 Å². The van der Waals surface area contributed by atoms with E-state index in [2.05, 4.69) is 43.0 Å². The van der Waals surface area contributed by atoms with Gasteiger partial charge in [-0.1, -0.05) is 65.2 Å². The van der Waals surface area contributed by atoms with Crippen LogP contribution in [0.2, 0.25) is 10.0 Å². The molecule has 0 fully saturated rings. The van der Waals surface area contributed by atoms with Crippen molar-refractivity contribution in [2.24, 2.45) is 0 Å². The number of aryl methyl sites for hydroxylation is 2. The van der Waals surface area contributed by atoms with Crippen molar-refractivity contribution < 1.29 is 9.53 Å². The number of benzene rings is 2. The summed E-state index contributed by atoms with van der Waals surface area (Å²) in [6, 6.07) is 17.3. The van der Waals surface area contributed by atoms with Crippen LogP contribution in [0.5, 0.6) is 0 Å². The fourth-order valence-corrected chi connectivity index (χ4v) is 4.43. The van der Waals surface area contributed by atoms with Crippen molar-refractivity contribution in [3.8, 4) is 0 Å². The third-order valence-corrected chi connectivity index (χ3v) is 6.74. The van der Waals surface area contributed by atoms with Crippen LogP contribution in [-0.2, 0) is 24.2 Å². The first-order valence-electron chi connectivity index (χ1n) is 12.0. The molecular weight excluding hydrogens is 495 g/mol. The van der Waals surface area contributed by atoms with Gasteiger partial charge in [-0.3, -0.25) is 9.69 Å². The first kappa shape index (κ1) is 28.0. The molecule has 0 aliphatic rings. The topological polar surface area (TPSA) is 51.5 Å². The van der Waals surface area contributed by atoms with Crippen LogP contribution >= 0.6 is 23.2 Å². The van der Waals surface area contributed by atoms with E-state index in [9.17, 15) is 9.59 Å². The number of carbonyl (C=O) groups excluding carboxylic acids is 1. The van der Waals surface area contributed by atoms with Crippen molar-refractivity contribution >= 4 is 29.2 Å². The maximum absolute atomic E-state index is 13.0. The van der Waals surface area contributed by atoms with Crippen LogP contribution in [0.15, 0.2) is 59.4 Å². The van der Waals surface area contributed by atoms with Gasteiger partial charge in [0.2, 0.25) is 0 Å². The fourth-order valence-electron chi connectivity index (χ4n) is 3.89. The van der Waals surface area contributed by atoms with Crippen LogP contribution in [0.25, 0.3) is 0 Å². The van der Waals surface area contributed by atoms with Gasteiger partial charge < -0.3 is 9.30 Å². The van der Waals surface area contributed by atoms with Gasteiger partial charge in [-0.15, -0.1) is 0 Å². The number of hydrogen-bond donors (Lipinski definition) is 0. The second-order valence-electron chi connectivity index (χ2n) is 10.2. The number of carbonyl (C=O) groups is 1. The van der Waals surface area contributed by atoms with Crippen molar-refractivity contribution in [2.45, 2.75) is 65.8 Å². The number of nitrogens with zero attached hydrogens (tertiary/aromatic N) is 2. The zero-order valence-corrected chi connectivity index (χ0v) is 23.3. The van der Waals surface area contributed by atoms with E-state index in [1.807, 2.05) is 40.0 Å². The highest BCUT2D eigenvalue weighted by atomic mass is 35.5. The molecular formula is C29H34Cl2N2O3. The molecule has 0 N–H and O–H groups in total. The van der Waals surface area contributed by atoms with Gasteiger partial charge in [-0.2, -0.15) is 0 Å². The molecule has 0 saturated heterocycles. The van der Waals surface area contributed by atoms with Crippen LogP contribution in [0.1, 0.15) is 66.5 Å². The number of aromatic nitrogens is 1. The zero-order valence-electron chi connectivity index (χ0n) is 21.8. The Morgan fingerprint density at radius 2 is 1.64 bits per heavy atom. The minimum atomic E-state index is -0.552. The van der Waals surface area contributed by atoms with Crippen molar-refractivity contribution in [1.29, 1.82) is 0 Å². The van der Waals surface area contributed by atoms with Gasteiger partial charge in [0.15, 0.2) is 0 Å². The lowest BCUT2D eigenvalue weighted by Crippen LogP contribution is -2.30. The minimum Gasteiger partial charge on any atom is -0.456 e. The maximum Gasteiger partial charge on any atom is 0.338 e. The summed E-state index contributed by atoms with van der Waals surface area (Å²) in [4.78, 5) is 27.4. The zero-order chi connectivity index (χ0) is 26.6. The molecule has 7 heteroatoms. The average molecular weight is 530 g/mol. The molecule has 1 heterocycles. The van der Waals surface area contributed by atoms with Crippen molar-refractivity contribution in [2.75, 3.05) is 7.05 Å². The molecule has 0 spiro atoms. The third-order valence-electron chi connectivity index (χ3n) is 6.14. The molecule has 36 heavy (non-hydrogen) atoms. The molecule has 0 saturated carbocycles. The van der Waals surface area contributed by atoms with Crippen molar-refractivity contribution in [3.05, 3.63) is 103 Å². The summed E-state index contributed by atoms with van der Waals surface area (Å²) in [6.45, 7) is 10.6. The molecule has 192 valence electrons. The van der Waals surface area contributed by atoms with Gasteiger partial charge in [0.05, 0.1) is 16.3 Å². The summed E-state index contributed by atoms with van der Waals surface area (Å²) in [5.41, 5.74) is 3.77. The summed E-state index contributed by atoms with van der Waals surface area (Å²) >= 11 is 12.8. The summed E-state index contributed by atoms with van der Waals surface area (Å²) < 4.78 is 7.08. The molecule has 5 nitrogen and oxygen atoms in total. The number of pyridine rings is 1. The molecule has 3 aromatic rings. The van der Waals surface area contributed by atoms with Gasteiger partial charge in [0.25, 0.3) is 5.56 Å². The van der Waals surface area contributed by atoms with Gasteiger partial charge in [-0.25, -0.2) is 4.79 Å². The quantitative estimate of drug-likeness (QED) is 0.300. The predicted molar refractivity (Wildman–Crippen MR) is 147 cm³/mol. The third kappa shape index (κ3) is 7.22. The standard InChI is InChI=1S/C29H34Cl2N2O3/c1-19-7-11-22(12-8-19)20(2)32(6)18-26-24(30)17-25(31)27(34)33(26)16-15-21-9-13-23(14-10-21)28(35)36-29(3,4)5/h7-14,17,20H,15-16,18H2,1-6H3. The molecule has 2 aromatic carbocycles. The van der Waals surface area contributed by atoms with E-state index in [0.717, 1.165) is 11.3 Å². The lowest BCUT2D eigenvalue weighted by atomic mass is 10.1. The highest BCUT2D eigenvalue weighted by molar-refractivity contribution is 6.34. The highest BCUT2D eigenvalue weighted by Gasteiger charge is 2.19. The fraction of sp³-hybridized carbons (Fsp3) is 0.379. The van der Waals surface area contributed by atoms with Crippen molar-refractivity contribution in [3.63, 3.8) is 0 Å². The molecule has 1 atom stereocenters. The van der Waals surface area contributed by atoms with Crippen LogP contribution in [0.4, 0.5) is 0 Å². The first-order chi connectivity index (χ1) is 16.9. The van der Waals surface area contributed by atoms with Crippen LogP contribution in [0, 0.1) is 6.92 Å². The minimum absolute atomic E-state index is 0.0956. The van der Waals surface area contributed by atoms with E-state index in [-0.39, 0.29) is 22.6 Å². The largest absolute Gasteiger partial charge is 0.456 e. The molecule has 0 aliphatic carbocycles. The Kier molecular flexibility index (Phi) is 9.04. The second kappa shape index (κ2) is 11.6. The Balaban J connectivity index is 1.78. The normalized spacial score (nSPS) is 12.6. The molecule has 0 amide bonds. The number of hydrogen-bond acceptors (Lipinski definition) is 4. The monoisotopic (exact) mass is 528 g/mol. The molecule has 3 rings (SSSR count). The van der Waals surface area contributed by atoms with Crippen LogP contribution in [-0.4, -0.2) is 28.1 Å². The summed E-state index contributed by atoms with van der Waals surface area (Å²) in [7, 11) is 2.01. The summed E-state index contributed by atoms with van der Waals surface area (Å²) in [6.07, 6.45) is 0.579. The Morgan fingerprint density at radius 1 is 1.03 bits per heavy atom. The second-order valence-corrected chi connectivity index (χ2v) is 11.0. The Labute approximate surface area is 223 Å². The van der Waals surface area contributed by atoms with Gasteiger partial charge in [0.1, 0.15) is 10.6 Å². The summed E-state index contributed by atoms with van der Waals surface area (Å²) in [5.74, 6) is -0.361. The van der Waals surface area contributed by atoms with E-state index in [0.29, 0.717) is 30.1 Å². The molecule has 0 radical (unpaired) electrons. The Bertz CT molecular complexity index is 1260. The molecule has 1 aromatic heterocycles. The van der Waals surface area contributed by atoms with Crippen LogP contribution in [0.3, 0.4) is 0 Å². The molecule has 1 unspecified atom stereocenters. The maximum atomic E-state index is 13.0.